The van der Waals surface area contributed by atoms with E-state index in [2.05, 4.69) is 4.98 Å². The van der Waals surface area contributed by atoms with Crippen LogP contribution in [0.1, 0.15) is 37.5 Å². The van der Waals surface area contributed by atoms with Crippen molar-refractivity contribution in [2.24, 2.45) is 0 Å². The molecule has 2 aromatic heterocycles. The first-order chi connectivity index (χ1) is 17.6. The van der Waals surface area contributed by atoms with E-state index < -0.39 is 16.0 Å². The molecule has 0 amide bonds. The van der Waals surface area contributed by atoms with E-state index in [0.29, 0.717) is 36.9 Å². The van der Waals surface area contributed by atoms with E-state index in [-0.39, 0.29) is 23.5 Å². The molecule has 1 N–H and O–H groups in total. The minimum Gasteiger partial charge on any atom is -0.491 e. The summed E-state index contributed by atoms with van der Waals surface area (Å²) in [5.41, 5.74) is 2.43. The fourth-order valence-corrected chi connectivity index (χ4v) is 6.36. The molecule has 2 aromatic carbocycles. The summed E-state index contributed by atoms with van der Waals surface area (Å²) in [6.07, 6.45) is 4.11. The van der Waals surface area contributed by atoms with Crippen molar-refractivity contribution < 1.29 is 27.5 Å². The third-order valence-corrected chi connectivity index (χ3v) is 8.39. The largest absolute Gasteiger partial charge is 0.491 e. The zero-order valence-electron chi connectivity index (χ0n) is 20.9. The normalized spacial score (nSPS) is 16.6. The van der Waals surface area contributed by atoms with Crippen LogP contribution >= 0.6 is 0 Å². The monoisotopic (exact) mass is 523 g/mol. The SMILES string of the molecule is Cc1cnc(-c2ccc3c(C4CCN(S(=O)(=O)c5ccc(OC(C)C)cc5)C4)cn(CC(=O)O)c3c2)o1. The Labute approximate surface area is 215 Å². The third-order valence-electron chi connectivity index (χ3n) is 6.51. The Kier molecular flexibility index (Phi) is 6.55. The summed E-state index contributed by atoms with van der Waals surface area (Å²) in [4.78, 5) is 16.1. The summed E-state index contributed by atoms with van der Waals surface area (Å²) < 4.78 is 41.2. The number of oxazole rings is 1. The molecule has 5 rings (SSSR count). The molecule has 4 aromatic rings. The quantitative estimate of drug-likeness (QED) is 0.357. The van der Waals surface area contributed by atoms with Gasteiger partial charge in [0.05, 0.1) is 17.2 Å². The van der Waals surface area contributed by atoms with Gasteiger partial charge >= 0.3 is 5.97 Å². The van der Waals surface area contributed by atoms with E-state index >= 15 is 0 Å². The van der Waals surface area contributed by atoms with Crippen molar-refractivity contribution in [3.8, 4) is 17.2 Å². The number of rotatable bonds is 8. The number of nitrogens with zero attached hydrogens (tertiary/aromatic N) is 3. The molecule has 194 valence electrons. The average molecular weight is 524 g/mol. The van der Waals surface area contributed by atoms with E-state index in [1.165, 1.54) is 4.31 Å². The molecule has 0 saturated carbocycles. The van der Waals surface area contributed by atoms with Crippen LogP contribution in [0.2, 0.25) is 0 Å². The Hall–Kier alpha value is -3.63. The second kappa shape index (κ2) is 9.68. The van der Waals surface area contributed by atoms with Gasteiger partial charge in [-0.1, -0.05) is 6.07 Å². The highest BCUT2D eigenvalue weighted by atomic mass is 32.2. The lowest BCUT2D eigenvalue weighted by atomic mass is 9.97. The van der Waals surface area contributed by atoms with Crippen molar-refractivity contribution in [2.75, 3.05) is 13.1 Å². The predicted octanol–water partition coefficient (Wildman–Crippen LogP) is 4.65. The molecule has 1 aliphatic rings. The van der Waals surface area contributed by atoms with Gasteiger partial charge in [-0.25, -0.2) is 13.4 Å². The van der Waals surface area contributed by atoms with Crippen molar-refractivity contribution in [1.82, 2.24) is 13.9 Å². The van der Waals surface area contributed by atoms with Crippen LogP contribution in [0.5, 0.6) is 5.75 Å². The van der Waals surface area contributed by atoms with E-state index in [9.17, 15) is 18.3 Å². The molecule has 0 spiro atoms. The first-order valence-corrected chi connectivity index (χ1v) is 13.6. The van der Waals surface area contributed by atoms with Gasteiger partial charge in [-0.15, -0.1) is 0 Å². The number of hydrogen-bond donors (Lipinski definition) is 1. The van der Waals surface area contributed by atoms with E-state index in [1.54, 1.807) is 35.0 Å². The minimum atomic E-state index is -3.67. The van der Waals surface area contributed by atoms with Gasteiger partial charge < -0.3 is 18.8 Å². The van der Waals surface area contributed by atoms with Gasteiger partial charge in [0.25, 0.3) is 0 Å². The highest BCUT2D eigenvalue weighted by Gasteiger charge is 2.34. The van der Waals surface area contributed by atoms with Crippen LogP contribution in [-0.4, -0.2) is 52.5 Å². The fourth-order valence-electron chi connectivity index (χ4n) is 4.86. The van der Waals surface area contributed by atoms with Gasteiger partial charge in [0, 0.05) is 41.7 Å². The predicted molar refractivity (Wildman–Crippen MR) is 138 cm³/mol. The van der Waals surface area contributed by atoms with Crippen LogP contribution in [0.15, 0.2) is 64.2 Å². The smallest absolute Gasteiger partial charge is 0.323 e. The van der Waals surface area contributed by atoms with E-state index in [1.807, 2.05) is 45.2 Å². The number of aromatic nitrogens is 2. The third kappa shape index (κ3) is 4.99. The molecule has 10 heteroatoms. The number of benzene rings is 2. The molecule has 3 heterocycles. The molecule has 37 heavy (non-hydrogen) atoms. The van der Waals surface area contributed by atoms with Crippen LogP contribution < -0.4 is 4.74 Å². The van der Waals surface area contributed by atoms with Crippen LogP contribution in [0.25, 0.3) is 22.4 Å². The first-order valence-electron chi connectivity index (χ1n) is 12.2. The highest BCUT2D eigenvalue weighted by molar-refractivity contribution is 7.89. The molecule has 1 saturated heterocycles. The summed E-state index contributed by atoms with van der Waals surface area (Å²) in [7, 11) is -3.67. The molecular weight excluding hydrogens is 494 g/mol. The molecule has 1 fully saturated rings. The fraction of sp³-hybridized carbons (Fsp3) is 0.333. The summed E-state index contributed by atoms with van der Waals surface area (Å²) >= 11 is 0. The molecule has 0 aliphatic carbocycles. The number of carboxylic acids is 1. The number of hydrogen-bond acceptors (Lipinski definition) is 6. The minimum absolute atomic E-state index is 0.000551. The van der Waals surface area contributed by atoms with E-state index in [4.69, 9.17) is 9.15 Å². The summed E-state index contributed by atoms with van der Waals surface area (Å²) in [5.74, 6) is 0.754. The summed E-state index contributed by atoms with van der Waals surface area (Å²) in [6.45, 7) is 6.14. The van der Waals surface area contributed by atoms with Gasteiger partial charge in [0.2, 0.25) is 15.9 Å². The topological polar surface area (TPSA) is 115 Å². The van der Waals surface area contributed by atoms with Crippen molar-refractivity contribution in [3.63, 3.8) is 0 Å². The maximum absolute atomic E-state index is 13.3. The molecule has 0 bridgehead atoms. The molecule has 1 unspecified atom stereocenters. The van der Waals surface area contributed by atoms with Gasteiger partial charge in [-0.2, -0.15) is 4.31 Å². The van der Waals surface area contributed by atoms with Crippen molar-refractivity contribution in [1.29, 1.82) is 0 Å². The second-order valence-electron chi connectivity index (χ2n) is 9.60. The Balaban J connectivity index is 1.43. The average Bonchev–Trinajstić information content (AvgIpc) is 3.58. The number of aliphatic carboxylic acids is 1. The highest BCUT2D eigenvalue weighted by Crippen LogP contribution is 2.37. The second-order valence-corrected chi connectivity index (χ2v) is 11.5. The summed E-state index contributed by atoms with van der Waals surface area (Å²) in [6, 6.07) is 12.2. The molecular formula is C27H29N3O6S. The van der Waals surface area contributed by atoms with Gasteiger partial charge in [-0.3, -0.25) is 4.79 Å². The lowest BCUT2D eigenvalue weighted by Crippen LogP contribution is -2.28. The number of fused-ring (bicyclic) bond motifs is 1. The Bertz CT molecular complexity index is 1550. The summed E-state index contributed by atoms with van der Waals surface area (Å²) in [5, 5.41) is 10.4. The number of sulfonamides is 1. The number of aryl methyl sites for hydroxylation is 1. The maximum atomic E-state index is 13.3. The maximum Gasteiger partial charge on any atom is 0.323 e. The standard InChI is InChI=1S/C27H29N3O6S/c1-17(2)35-21-5-7-22(8-6-21)37(33,34)30-11-10-20(14-30)24-15-29(16-26(31)32)25-12-19(4-9-23(24)25)27-28-13-18(3)36-27/h4-9,12-13,15,17,20H,10-11,14,16H2,1-3H3,(H,31,32). The molecule has 1 atom stereocenters. The lowest BCUT2D eigenvalue weighted by molar-refractivity contribution is -0.137. The van der Waals surface area contributed by atoms with Crippen LogP contribution in [0.4, 0.5) is 0 Å². The number of carboxylic acid groups (broad SMARTS) is 1. The van der Waals surface area contributed by atoms with Crippen LogP contribution in [0, 0.1) is 6.92 Å². The van der Waals surface area contributed by atoms with E-state index in [0.717, 1.165) is 22.0 Å². The van der Waals surface area contributed by atoms with Crippen molar-refractivity contribution in [3.05, 3.63) is 66.2 Å². The molecule has 1 aliphatic heterocycles. The van der Waals surface area contributed by atoms with Gasteiger partial charge in [0.1, 0.15) is 18.1 Å². The Morgan fingerprint density at radius 1 is 1.22 bits per heavy atom. The zero-order valence-corrected chi connectivity index (χ0v) is 21.7. The van der Waals surface area contributed by atoms with Crippen LogP contribution in [0.3, 0.4) is 0 Å². The van der Waals surface area contributed by atoms with Crippen molar-refractivity contribution in [2.45, 2.75) is 50.7 Å². The molecule has 9 nitrogen and oxygen atoms in total. The first kappa shape index (κ1) is 25.0. The van der Waals surface area contributed by atoms with Gasteiger partial charge in [-0.05, 0) is 69.2 Å². The zero-order chi connectivity index (χ0) is 26.3. The molecule has 0 radical (unpaired) electrons. The van der Waals surface area contributed by atoms with Crippen LogP contribution in [-0.2, 0) is 21.4 Å². The van der Waals surface area contributed by atoms with Crippen molar-refractivity contribution >= 4 is 26.9 Å². The van der Waals surface area contributed by atoms with Gasteiger partial charge in [0.15, 0.2) is 0 Å². The Morgan fingerprint density at radius 2 is 1.97 bits per heavy atom. The number of ether oxygens (including phenoxy) is 1. The lowest BCUT2D eigenvalue weighted by Gasteiger charge is -2.17. The number of carbonyl (C=O) groups is 1. The Morgan fingerprint density at radius 3 is 2.62 bits per heavy atom.